The summed E-state index contributed by atoms with van der Waals surface area (Å²) in [7, 11) is -1.37. The first-order chi connectivity index (χ1) is 11.2. The maximum Gasteiger partial charge on any atom is 0.451 e. The van der Waals surface area contributed by atoms with E-state index in [9.17, 15) is 14.7 Å². The number of rotatable bonds is 7. The van der Waals surface area contributed by atoms with Gasteiger partial charge in [-0.2, -0.15) is 0 Å². The molecule has 138 valence electrons. The van der Waals surface area contributed by atoms with Gasteiger partial charge in [-0.05, 0) is 31.5 Å². The summed E-state index contributed by atoms with van der Waals surface area (Å²) >= 11 is 0. The second-order valence-corrected chi connectivity index (χ2v) is 6.81. The van der Waals surface area contributed by atoms with E-state index in [1.54, 1.807) is 4.90 Å². The number of nitrogens with zero attached hydrogens (tertiary/aromatic N) is 1. The molecule has 0 spiro atoms. The van der Waals surface area contributed by atoms with E-state index in [1.165, 1.54) is 0 Å². The van der Waals surface area contributed by atoms with E-state index in [4.69, 9.17) is 15.8 Å². The molecule has 1 amide bonds. The number of hydrogen-bond acceptors (Lipinski definition) is 6. The van der Waals surface area contributed by atoms with Gasteiger partial charge in [0.15, 0.2) is 0 Å². The van der Waals surface area contributed by atoms with E-state index in [-0.39, 0.29) is 24.2 Å². The molecule has 0 aromatic rings. The second kappa shape index (κ2) is 9.98. The van der Waals surface area contributed by atoms with Gasteiger partial charge in [-0.25, -0.2) is 0 Å². The van der Waals surface area contributed by atoms with Crippen LogP contribution in [0.4, 0.5) is 0 Å². The summed E-state index contributed by atoms with van der Waals surface area (Å²) in [6.45, 7) is 4.61. The van der Waals surface area contributed by atoms with Gasteiger partial charge >= 0.3 is 13.1 Å². The number of aliphatic carboxylic acids is 1. The number of nitrogens with two attached hydrogens (primary N) is 1. The van der Waals surface area contributed by atoms with Crippen LogP contribution in [-0.4, -0.2) is 70.3 Å². The summed E-state index contributed by atoms with van der Waals surface area (Å²) in [5.74, 6) is -1.00. The molecule has 1 unspecified atom stereocenters. The maximum absolute atomic E-state index is 12.7. The highest BCUT2D eigenvalue weighted by Gasteiger charge is 2.32. The van der Waals surface area contributed by atoms with Crippen LogP contribution < -0.4 is 11.1 Å². The Labute approximate surface area is 143 Å². The standard InChI is InChI=1S/C15H30BN3O5/c1-10(2)13(17)14(20)19-8-4-6-12(15(21)22)18-9-11(19)5-3-7-16(23)24/h10-13,18,23-24H,3-9,17H2,1-2H3,(H,21,22)/t11-,12+,13?/m1/s1. The van der Waals surface area contributed by atoms with Crippen LogP contribution in [0.1, 0.15) is 39.5 Å². The van der Waals surface area contributed by atoms with Crippen LogP contribution in [0.15, 0.2) is 0 Å². The Morgan fingerprint density at radius 3 is 2.58 bits per heavy atom. The molecule has 24 heavy (non-hydrogen) atoms. The highest BCUT2D eigenvalue weighted by Crippen LogP contribution is 2.17. The lowest BCUT2D eigenvalue weighted by Crippen LogP contribution is -2.56. The largest absolute Gasteiger partial charge is 0.480 e. The molecule has 0 aliphatic carbocycles. The summed E-state index contributed by atoms with van der Waals surface area (Å²) in [4.78, 5) is 25.6. The summed E-state index contributed by atoms with van der Waals surface area (Å²) in [6, 6.07) is -1.42. The van der Waals surface area contributed by atoms with Gasteiger partial charge in [-0.3, -0.25) is 9.59 Å². The molecule has 1 saturated heterocycles. The van der Waals surface area contributed by atoms with Gasteiger partial charge in [0.1, 0.15) is 6.04 Å². The van der Waals surface area contributed by atoms with Gasteiger partial charge in [-0.15, -0.1) is 0 Å². The molecule has 1 rings (SSSR count). The molecule has 1 aliphatic rings. The first kappa shape index (κ1) is 20.9. The molecular formula is C15H30BN3O5. The number of carbonyl (C=O) groups excluding carboxylic acids is 1. The first-order valence-corrected chi connectivity index (χ1v) is 8.62. The lowest BCUT2D eigenvalue weighted by molar-refractivity contribution is -0.140. The molecule has 0 saturated carbocycles. The lowest BCUT2D eigenvalue weighted by atomic mass is 9.83. The van der Waals surface area contributed by atoms with Crippen LogP contribution in [0.3, 0.4) is 0 Å². The van der Waals surface area contributed by atoms with Crippen LogP contribution in [-0.2, 0) is 9.59 Å². The number of nitrogens with one attached hydrogen (secondary N) is 1. The summed E-state index contributed by atoms with van der Waals surface area (Å²) in [5.41, 5.74) is 6.01. The third-order valence-electron chi connectivity index (χ3n) is 4.52. The number of amides is 1. The molecule has 8 nitrogen and oxygen atoms in total. The zero-order valence-corrected chi connectivity index (χ0v) is 14.5. The fraction of sp³-hybridized carbons (Fsp3) is 0.867. The van der Waals surface area contributed by atoms with Gasteiger partial charge in [-0.1, -0.05) is 20.3 Å². The van der Waals surface area contributed by atoms with Crippen molar-refractivity contribution in [3.63, 3.8) is 0 Å². The minimum Gasteiger partial charge on any atom is -0.480 e. The second-order valence-electron chi connectivity index (χ2n) is 6.81. The highest BCUT2D eigenvalue weighted by atomic mass is 16.4. The van der Waals surface area contributed by atoms with E-state index in [2.05, 4.69) is 5.32 Å². The molecule has 1 heterocycles. The molecule has 1 fully saturated rings. The Bertz CT molecular complexity index is 422. The monoisotopic (exact) mass is 343 g/mol. The van der Waals surface area contributed by atoms with Gasteiger partial charge in [0, 0.05) is 19.1 Å². The van der Waals surface area contributed by atoms with Crippen molar-refractivity contribution >= 4 is 19.0 Å². The fourth-order valence-corrected chi connectivity index (χ4v) is 2.91. The van der Waals surface area contributed by atoms with Crippen molar-refractivity contribution in [2.75, 3.05) is 13.1 Å². The van der Waals surface area contributed by atoms with Gasteiger partial charge in [0.2, 0.25) is 5.91 Å². The Morgan fingerprint density at radius 2 is 2.04 bits per heavy atom. The molecule has 0 aromatic carbocycles. The number of hydrogen-bond donors (Lipinski definition) is 5. The highest BCUT2D eigenvalue weighted by molar-refractivity contribution is 6.40. The lowest BCUT2D eigenvalue weighted by Gasteiger charge is -2.37. The van der Waals surface area contributed by atoms with Crippen molar-refractivity contribution in [2.24, 2.45) is 11.7 Å². The van der Waals surface area contributed by atoms with Crippen LogP contribution in [0, 0.1) is 5.92 Å². The number of carboxylic acid groups (broad SMARTS) is 1. The summed E-state index contributed by atoms with van der Waals surface area (Å²) in [5, 5.41) is 30.2. The minimum atomic E-state index is -1.37. The van der Waals surface area contributed by atoms with Gasteiger partial charge < -0.3 is 31.1 Å². The van der Waals surface area contributed by atoms with Crippen molar-refractivity contribution < 1.29 is 24.7 Å². The maximum atomic E-state index is 12.7. The van der Waals surface area contributed by atoms with Crippen LogP contribution in [0.5, 0.6) is 0 Å². The van der Waals surface area contributed by atoms with E-state index in [0.717, 1.165) is 0 Å². The SMILES string of the molecule is CC(C)C(N)C(=O)N1CCC[C@@H](C(=O)O)NC[C@H]1CCCB(O)O. The Balaban J connectivity index is 2.81. The van der Waals surface area contributed by atoms with E-state index in [1.807, 2.05) is 13.8 Å². The summed E-state index contributed by atoms with van der Waals surface area (Å²) in [6.07, 6.45) is 2.35. The van der Waals surface area contributed by atoms with E-state index >= 15 is 0 Å². The topological polar surface area (TPSA) is 136 Å². The van der Waals surface area contributed by atoms with E-state index < -0.39 is 25.2 Å². The van der Waals surface area contributed by atoms with Crippen molar-refractivity contribution in [3.05, 3.63) is 0 Å². The molecule has 9 heteroatoms. The van der Waals surface area contributed by atoms with Crippen LogP contribution in [0.2, 0.25) is 6.32 Å². The first-order valence-electron chi connectivity index (χ1n) is 8.62. The predicted molar refractivity (Wildman–Crippen MR) is 91.2 cm³/mol. The number of carboxylic acids is 1. The zero-order chi connectivity index (χ0) is 18.3. The zero-order valence-electron chi connectivity index (χ0n) is 14.5. The van der Waals surface area contributed by atoms with Gasteiger partial charge in [0.05, 0.1) is 6.04 Å². The summed E-state index contributed by atoms with van der Waals surface area (Å²) < 4.78 is 0. The van der Waals surface area contributed by atoms with E-state index in [0.29, 0.717) is 38.8 Å². The molecule has 3 atom stereocenters. The fourth-order valence-electron chi connectivity index (χ4n) is 2.91. The normalized spacial score (nSPS) is 23.5. The van der Waals surface area contributed by atoms with Crippen molar-refractivity contribution in [2.45, 2.75) is 64.0 Å². The quantitative estimate of drug-likeness (QED) is 0.384. The van der Waals surface area contributed by atoms with Crippen molar-refractivity contribution in [1.82, 2.24) is 10.2 Å². The molecule has 0 aromatic heterocycles. The molecular weight excluding hydrogens is 313 g/mol. The van der Waals surface area contributed by atoms with Crippen molar-refractivity contribution in [1.29, 1.82) is 0 Å². The number of carbonyl (C=O) groups is 2. The van der Waals surface area contributed by atoms with Crippen molar-refractivity contribution in [3.8, 4) is 0 Å². The third-order valence-corrected chi connectivity index (χ3v) is 4.52. The molecule has 1 aliphatic heterocycles. The van der Waals surface area contributed by atoms with Crippen LogP contribution >= 0.6 is 0 Å². The van der Waals surface area contributed by atoms with Crippen LogP contribution in [0.25, 0.3) is 0 Å². The molecule has 6 N–H and O–H groups in total. The minimum absolute atomic E-state index is 0.0163. The third kappa shape index (κ3) is 6.39. The Morgan fingerprint density at radius 1 is 1.38 bits per heavy atom. The predicted octanol–water partition coefficient (Wildman–Crippen LogP) is -0.743. The Kier molecular flexibility index (Phi) is 8.68. The average molecular weight is 343 g/mol. The van der Waals surface area contributed by atoms with Gasteiger partial charge in [0.25, 0.3) is 0 Å². The average Bonchev–Trinajstić information content (AvgIpc) is 2.47. The smallest absolute Gasteiger partial charge is 0.451 e. The Hall–Kier alpha value is -1.16. The molecule has 0 radical (unpaired) electrons. The molecule has 0 bridgehead atoms.